The Morgan fingerprint density at radius 2 is 2.25 bits per heavy atom. The van der Waals surface area contributed by atoms with Gasteiger partial charge in [-0.15, -0.1) is 0 Å². The molecular formula is C13H19NO2. The number of benzene rings is 1. The minimum absolute atomic E-state index is 0.200. The number of aromatic hydroxyl groups is 1. The lowest BCUT2D eigenvalue weighted by molar-refractivity contribution is -0.118. The van der Waals surface area contributed by atoms with Crippen LogP contribution in [0.3, 0.4) is 0 Å². The molecule has 0 aromatic heterocycles. The van der Waals surface area contributed by atoms with Gasteiger partial charge in [0.2, 0.25) is 0 Å². The zero-order chi connectivity index (χ0) is 12.0. The van der Waals surface area contributed by atoms with E-state index in [1.165, 1.54) is 0 Å². The minimum Gasteiger partial charge on any atom is -0.508 e. The maximum Gasteiger partial charge on any atom is 0.137 e. The molecule has 0 aliphatic rings. The minimum atomic E-state index is 0.200. The first kappa shape index (κ1) is 12.7. The summed E-state index contributed by atoms with van der Waals surface area (Å²) in [7, 11) is 0. The summed E-state index contributed by atoms with van der Waals surface area (Å²) in [5.74, 6) is 0.805. The first-order valence-corrected chi connectivity index (χ1v) is 5.61. The predicted octanol–water partition coefficient (Wildman–Crippen LogP) is 1.88. The van der Waals surface area contributed by atoms with Crippen LogP contribution < -0.4 is 5.73 Å². The average Bonchev–Trinajstić information content (AvgIpc) is 2.26. The van der Waals surface area contributed by atoms with Crippen LogP contribution in [-0.2, 0) is 11.2 Å². The van der Waals surface area contributed by atoms with Crippen LogP contribution in [0.15, 0.2) is 24.3 Å². The van der Waals surface area contributed by atoms with Crippen molar-refractivity contribution in [2.75, 3.05) is 6.54 Å². The van der Waals surface area contributed by atoms with Gasteiger partial charge in [0.15, 0.2) is 0 Å². The van der Waals surface area contributed by atoms with Crippen LogP contribution in [-0.4, -0.2) is 17.4 Å². The van der Waals surface area contributed by atoms with Gasteiger partial charge in [-0.25, -0.2) is 0 Å². The van der Waals surface area contributed by atoms with Gasteiger partial charge in [0.25, 0.3) is 0 Å². The van der Waals surface area contributed by atoms with Gasteiger partial charge < -0.3 is 10.8 Å². The molecule has 3 heteroatoms. The highest BCUT2D eigenvalue weighted by molar-refractivity contribution is 5.80. The molecule has 88 valence electrons. The average molecular weight is 221 g/mol. The van der Waals surface area contributed by atoms with E-state index in [0.717, 1.165) is 12.0 Å². The smallest absolute Gasteiger partial charge is 0.137 e. The van der Waals surface area contributed by atoms with Crippen LogP contribution in [0.4, 0.5) is 0 Å². The third kappa shape index (κ3) is 4.45. The Bertz CT molecular complexity index is 350. The normalized spacial score (nSPS) is 12.4. The fourth-order valence-corrected chi connectivity index (χ4v) is 1.51. The molecule has 1 aromatic rings. The molecule has 3 N–H and O–H groups in total. The quantitative estimate of drug-likeness (QED) is 0.771. The van der Waals surface area contributed by atoms with Crippen LogP contribution >= 0.6 is 0 Å². The summed E-state index contributed by atoms with van der Waals surface area (Å²) in [6, 6.07) is 6.83. The van der Waals surface area contributed by atoms with Crippen molar-refractivity contribution in [3.63, 3.8) is 0 Å². The molecule has 0 fully saturated rings. The molecular weight excluding hydrogens is 202 g/mol. The summed E-state index contributed by atoms with van der Waals surface area (Å²) in [6.07, 6.45) is 1.80. The van der Waals surface area contributed by atoms with E-state index in [0.29, 0.717) is 25.3 Å². The third-order valence-corrected chi connectivity index (χ3v) is 2.63. The molecule has 0 saturated heterocycles. The number of hydrogen-bond acceptors (Lipinski definition) is 3. The Labute approximate surface area is 96.3 Å². The first-order valence-electron chi connectivity index (χ1n) is 5.61. The van der Waals surface area contributed by atoms with Crippen LogP contribution in [0.2, 0.25) is 0 Å². The van der Waals surface area contributed by atoms with Gasteiger partial charge in [0.1, 0.15) is 11.5 Å². The highest BCUT2D eigenvalue weighted by Crippen LogP contribution is 2.13. The number of carbonyl (C=O) groups excluding carboxylic acids is 1. The SMILES string of the molecule is CC(CN)CCC(=O)Cc1cccc(O)c1. The first-order chi connectivity index (χ1) is 7.61. The molecule has 0 saturated carbocycles. The van der Waals surface area contributed by atoms with E-state index in [2.05, 4.69) is 0 Å². The zero-order valence-corrected chi connectivity index (χ0v) is 9.65. The van der Waals surface area contributed by atoms with Crippen molar-refractivity contribution in [1.29, 1.82) is 0 Å². The van der Waals surface area contributed by atoms with Crippen LogP contribution in [0.5, 0.6) is 5.75 Å². The van der Waals surface area contributed by atoms with E-state index in [4.69, 9.17) is 5.73 Å². The van der Waals surface area contributed by atoms with E-state index >= 15 is 0 Å². The molecule has 3 nitrogen and oxygen atoms in total. The number of rotatable bonds is 6. The summed E-state index contributed by atoms with van der Waals surface area (Å²) in [5.41, 5.74) is 6.35. The molecule has 1 aromatic carbocycles. The molecule has 1 atom stereocenters. The maximum atomic E-state index is 11.6. The Hall–Kier alpha value is -1.35. The standard InChI is InChI=1S/C13H19NO2/c1-10(9-14)5-6-13(16)8-11-3-2-4-12(15)7-11/h2-4,7,10,15H,5-6,8-9,14H2,1H3. The van der Waals surface area contributed by atoms with Crippen molar-refractivity contribution in [3.05, 3.63) is 29.8 Å². The largest absolute Gasteiger partial charge is 0.508 e. The van der Waals surface area contributed by atoms with Gasteiger partial charge in [-0.2, -0.15) is 0 Å². The van der Waals surface area contributed by atoms with E-state index in [1.54, 1.807) is 18.2 Å². The van der Waals surface area contributed by atoms with Gasteiger partial charge in [-0.3, -0.25) is 4.79 Å². The van der Waals surface area contributed by atoms with E-state index < -0.39 is 0 Å². The molecule has 0 aliphatic carbocycles. The Morgan fingerprint density at radius 3 is 2.88 bits per heavy atom. The number of carbonyl (C=O) groups is 1. The predicted molar refractivity (Wildman–Crippen MR) is 64.3 cm³/mol. The number of phenols is 1. The van der Waals surface area contributed by atoms with Crippen molar-refractivity contribution < 1.29 is 9.90 Å². The molecule has 0 amide bonds. The molecule has 1 rings (SSSR count). The summed E-state index contributed by atoms with van der Waals surface area (Å²) < 4.78 is 0. The fourth-order valence-electron chi connectivity index (χ4n) is 1.51. The van der Waals surface area contributed by atoms with E-state index in [9.17, 15) is 9.90 Å². The lowest BCUT2D eigenvalue weighted by atomic mass is 10.00. The van der Waals surface area contributed by atoms with Crippen molar-refractivity contribution in [1.82, 2.24) is 0 Å². The number of hydrogen-bond donors (Lipinski definition) is 2. The van der Waals surface area contributed by atoms with Crippen molar-refractivity contribution >= 4 is 5.78 Å². The van der Waals surface area contributed by atoms with E-state index in [-0.39, 0.29) is 11.5 Å². The molecule has 0 radical (unpaired) electrons. The summed E-state index contributed by atoms with van der Waals surface area (Å²) in [6.45, 7) is 2.67. The van der Waals surface area contributed by atoms with Crippen molar-refractivity contribution in [2.24, 2.45) is 11.7 Å². The number of Topliss-reactive ketones (excluding diaryl/α,β-unsaturated/α-hetero) is 1. The Balaban J connectivity index is 2.40. The molecule has 16 heavy (non-hydrogen) atoms. The second kappa shape index (κ2) is 6.28. The van der Waals surface area contributed by atoms with Gasteiger partial charge >= 0.3 is 0 Å². The van der Waals surface area contributed by atoms with Gasteiger partial charge in [-0.05, 0) is 36.6 Å². The molecule has 1 unspecified atom stereocenters. The van der Waals surface area contributed by atoms with Crippen LogP contribution in [0.25, 0.3) is 0 Å². The molecule has 0 bridgehead atoms. The van der Waals surface area contributed by atoms with Gasteiger partial charge in [0, 0.05) is 12.8 Å². The monoisotopic (exact) mass is 221 g/mol. The number of nitrogens with two attached hydrogens (primary N) is 1. The lowest BCUT2D eigenvalue weighted by Gasteiger charge is -2.07. The summed E-state index contributed by atoms with van der Waals surface area (Å²) >= 11 is 0. The van der Waals surface area contributed by atoms with Crippen molar-refractivity contribution in [2.45, 2.75) is 26.2 Å². The fraction of sp³-hybridized carbons (Fsp3) is 0.462. The Kier molecular flexibility index (Phi) is 4.99. The highest BCUT2D eigenvalue weighted by atomic mass is 16.3. The molecule has 0 spiro atoms. The topological polar surface area (TPSA) is 63.3 Å². The maximum absolute atomic E-state index is 11.6. The zero-order valence-electron chi connectivity index (χ0n) is 9.65. The third-order valence-electron chi connectivity index (χ3n) is 2.63. The Morgan fingerprint density at radius 1 is 1.50 bits per heavy atom. The second-order valence-corrected chi connectivity index (χ2v) is 4.26. The van der Waals surface area contributed by atoms with Crippen LogP contribution in [0, 0.1) is 5.92 Å². The summed E-state index contributed by atoms with van der Waals surface area (Å²) in [4.78, 5) is 11.6. The second-order valence-electron chi connectivity index (χ2n) is 4.26. The summed E-state index contributed by atoms with van der Waals surface area (Å²) in [5, 5.41) is 9.25. The molecule has 0 aliphatic heterocycles. The number of ketones is 1. The number of phenolic OH excluding ortho intramolecular Hbond substituents is 1. The van der Waals surface area contributed by atoms with E-state index in [1.807, 2.05) is 13.0 Å². The van der Waals surface area contributed by atoms with Gasteiger partial charge in [0.05, 0.1) is 0 Å². The van der Waals surface area contributed by atoms with Crippen molar-refractivity contribution in [3.8, 4) is 5.75 Å². The van der Waals surface area contributed by atoms with Gasteiger partial charge in [-0.1, -0.05) is 19.1 Å². The molecule has 0 heterocycles. The highest BCUT2D eigenvalue weighted by Gasteiger charge is 2.07. The van der Waals surface area contributed by atoms with Crippen LogP contribution in [0.1, 0.15) is 25.3 Å². The lowest BCUT2D eigenvalue weighted by Crippen LogP contribution is -2.13.